The van der Waals surface area contributed by atoms with Gasteiger partial charge in [-0.05, 0) is 56.7 Å². The Balaban J connectivity index is 1.93. The van der Waals surface area contributed by atoms with E-state index in [0.29, 0.717) is 5.56 Å². The van der Waals surface area contributed by atoms with Crippen LogP contribution in [-0.4, -0.2) is 29.9 Å². The van der Waals surface area contributed by atoms with E-state index in [1.807, 2.05) is 0 Å². The van der Waals surface area contributed by atoms with Gasteiger partial charge in [-0.15, -0.1) is 0 Å². The smallest absolute Gasteiger partial charge is 0.319 e. The van der Waals surface area contributed by atoms with E-state index in [1.54, 1.807) is 0 Å². The van der Waals surface area contributed by atoms with Crippen LogP contribution in [0, 0.1) is 20.8 Å². The number of anilines is 1. The zero-order valence-corrected chi connectivity index (χ0v) is 18.5. The molecule has 0 aliphatic heterocycles. The molecule has 3 N–H and O–H groups in total. The molecule has 0 atom stereocenters. The number of carbonyl (C=O) groups excluding carboxylic acids is 2. The first-order valence-corrected chi connectivity index (χ1v) is 11.0. The highest BCUT2D eigenvalue weighted by Gasteiger charge is 2.31. The number of hydrogen-bond acceptors (Lipinski definition) is 5. The van der Waals surface area contributed by atoms with Crippen LogP contribution in [0.4, 0.5) is 18.9 Å². The first-order chi connectivity index (χ1) is 15.2. The largest absolute Gasteiger partial charge is 0.416 e. The number of hydrogen-bond donors (Lipinski definition) is 2. The van der Waals surface area contributed by atoms with Gasteiger partial charge in [0.1, 0.15) is 0 Å². The van der Waals surface area contributed by atoms with Crippen molar-refractivity contribution in [1.82, 2.24) is 9.78 Å². The molecule has 3 rings (SSSR count). The summed E-state index contributed by atoms with van der Waals surface area (Å²) in [6.45, 7) is 4.42. The summed E-state index contributed by atoms with van der Waals surface area (Å²) in [6.07, 6.45) is -4.56. The van der Waals surface area contributed by atoms with E-state index in [1.165, 1.54) is 45.0 Å². The Morgan fingerprint density at radius 1 is 1.06 bits per heavy atom. The minimum atomic E-state index is -4.56. The molecule has 0 saturated heterocycles. The van der Waals surface area contributed by atoms with Gasteiger partial charge in [-0.2, -0.15) is 18.3 Å². The molecule has 2 aromatic carbocycles. The molecule has 174 valence electrons. The molecule has 0 aliphatic rings. The minimum Gasteiger partial charge on any atom is -0.319 e. The summed E-state index contributed by atoms with van der Waals surface area (Å²) in [5, 5.41) is 11.6. The summed E-state index contributed by atoms with van der Waals surface area (Å²) in [7, 11) is -4.05. The van der Waals surface area contributed by atoms with Gasteiger partial charge in [-0.25, -0.2) is 18.2 Å². The summed E-state index contributed by atoms with van der Waals surface area (Å²) in [6, 6.07) is 8.35. The average molecular weight is 480 g/mol. The zero-order chi connectivity index (χ0) is 24.7. The van der Waals surface area contributed by atoms with Gasteiger partial charge >= 0.3 is 6.18 Å². The van der Waals surface area contributed by atoms with Crippen LogP contribution >= 0.6 is 0 Å². The fourth-order valence-corrected chi connectivity index (χ4v) is 4.13. The predicted octanol–water partition coefficient (Wildman–Crippen LogP) is 3.29. The number of aromatic nitrogens is 2. The Morgan fingerprint density at radius 2 is 1.73 bits per heavy atom. The number of ketones is 1. The molecule has 1 amide bonds. The van der Waals surface area contributed by atoms with Gasteiger partial charge in [0.15, 0.2) is 0 Å². The van der Waals surface area contributed by atoms with Gasteiger partial charge in [0.2, 0.25) is 10.0 Å². The molecule has 1 heterocycles. The first-order valence-electron chi connectivity index (χ1n) is 9.43. The number of carbonyl (C=O) groups is 2. The number of alkyl halides is 3. The van der Waals surface area contributed by atoms with Gasteiger partial charge in [0.25, 0.3) is 11.7 Å². The topological polar surface area (TPSA) is 124 Å². The van der Waals surface area contributed by atoms with Gasteiger partial charge in [-0.3, -0.25) is 9.59 Å². The first kappa shape index (κ1) is 24.1. The number of amides is 1. The van der Waals surface area contributed by atoms with E-state index in [0.717, 1.165) is 22.9 Å². The highest BCUT2D eigenvalue weighted by Crippen LogP contribution is 2.31. The Labute approximate surface area is 187 Å². The fraction of sp³-hybridized carbons (Fsp3) is 0.190. The summed E-state index contributed by atoms with van der Waals surface area (Å²) >= 11 is 0. The maximum atomic E-state index is 13.1. The Bertz CT molecular complexity index is 1380. The van der Waals surface area contributed by atoms with Gasteiger partial charge in [-0.1, -0.05) is 12.1 Å². The van der Waals surface area contributed by atoms with E-state index < -0.39 is 33.5 Å². The number of rotatable bonds is 5. The molecule has 0 radical (unpaired) electrons. The zero-order valence-electron chi connectivity index (χ0n) is 17.7. The van der Waals surface area contributed by atoms with E-state index in [9.17, 15) is 31.2 Å². The quantitative estimate of drug-likeness (QED) is 0.428. The van der Waals surface area contributed by atoms with Crippen LogP contribution in [0.3, 0.4) is 0 Å². The summed E-state index contributed by atoms with van der Waals surface area (Å²) in [5.74, 6) is -2.06. The monoisotopic (exact) mass is 480 g/mol. The molecule has 0 bridgehead atoms. The van der Waals surface area contributed by atoms with E-state index in [2.05, 4.69) is 10.4 Å². The predicted molar refractivity (Wildman–Crippen MR) is 114 cm³/mol. The third-order valence-electron chi connectivity index (χ3n) is 4.90. The van der Waals surface area contributed by atoms with Crippen LogP contribution in [-0.2, 0) is 21.0 Å². The molecule has 33 heavy (non-hydrogen) atoms. The molecule has 1 aromatic heterocycles. The van der Waals surface area contributed by atoms with Crippen LogP contribution in [0.1, 0.15) is 32.9 Å². The lowest BCUT2D eigenvalue weighted by Crippen LogP contribution is -2.24. The van der Waals surface area contributed by atoms with Crippen LogP contribution in [0.25, 0.3) is 5.69 Å². The van der Waals surface area contributed by atoms with Crippen molar-refractivity contribution in [3.8, 4) is 5.69 Å². The lowest BCUT2D eigenvalue weighted by molar-refractivity contribution is -0.137. The molecule has 0 spiro atoms. The fourth-order valence-electron chi connectivity index (χ4n) is 3.32. The van der Waals surface area contributed by atoms with Crippen LogP contribution in [0.15, 0.2) is 47.4 Å². The van der Waals surface area contributed by atoms with Crippen molar-refractivity contribution in [2.75, 3.05) is 5.32 Å². The molecular weight excluding hydrogens is 461 g/mol. The number of Topliss-reactive ketones (excluding diaryl/α,β-unsaturated/α-hetero) is 1. The summed E-state index contributed by atoms with van der Waals surface area (Å²) in [5.41, 5.74) is -0.201. The maximum Gasteiger partial charge on any atom is 0.416 e. The van der Waals surface area contributed by atoms with Crippen molar-refractivity contribution in [1.29, 1.82) is 0 Å². The van der Waals surface area contributed by atoms with Crippen molar-refractivity contribution in [3.05, 3.63) is 70.5 Å². The number of nitrogens with two attached hydrogens (primary N) is 1. The van der Waals surface area contributed by atoms with Crippen molar-refractivity contribution >= 4 is 27.4 Å². The minimum absolute atomic E-state index is 0.0311. The molecule has 0 fully saturated rings. The average Bonchev–Trinajstić information content (AvgIpc) is 3.01. The number of aryl methyl sites for hydroxylation is 2. The Kier molecular flexibility index (Phi) is 6.18. The second-order valence-electron chi connectivity index (χ2n) is 7.31. The van der Waals surface area contributed by atoms with Gasteiger partial charge < -0.3 is 5.32 Å². The molecule has 3 aromatic rings. The third-order valence-corrected chi connectivity index (χ3v) is 5.95. The Morgan fingerprint density at radius 3 is 2.33 bits per heavy atom. The van der Waals surface area contributed by atoms with E-state index in [-0.39, 0.29) is 33.2 Å². The molecule has 0 unspecified atom stereocenters. The molecule has 0 saturated carbocycles. The lowest BCUT2D eigenvalue weighted by atomic mass is 10.1. The van der Waals surface area contributed by atoms with E-state index in [4.69, 9.17) is 5.14 Å². The second kappa shape index (κ2) is 8.45. The van der Waals surface area contributed by atoms with Crippen LogP contribution in [0.2, 0.25) is 0 Å². The second-order valence-corrected chi connectivity index (χ2v) is 8.84. The van der Waals surface area contributed by atoms with Gasteiger partial charge in [0.05, 0.1) is 33.1 Å². The third kappa shape index (κ3) is 4.96. The highest BCUT2D eigenvalue weighted by molar-refractivity contribution is 7.89. The molecular formula is C21H19F3N4O4S. The van der Waals surface area contributed by atoms with Crippen molar-refractivity contribution in [2.45, 2.75) is 31.8 Å². The van der Waals surface area contributed by atoms with Gasteiger partial charge in [0, 0.05) is 5.69 Å². The van der Waals surface area contributed by atoms with Crippen LogP contribution < -0.4 is 10.5 Å². The molecule has 12 heteroatoms. The number of sulfonamides is 1. The van der Waals surface area contributed by atoms with Crippen molar-refractivity contribution in [2.24, 2.45) is 5.14 Å². The molecule has 0 aliphatic carbocycles. The number of nitrogens with zero attached hydrogens (tertiary/aromatic N) is 2. The number of nitrogens with one attached hydrogen (secondary N) is 1. The van der Waals surface area contributed by atoms with Crippen molar-refractivity contribution < 1.29 is 31.2 Å². The lowest BCUT2D eigenvalue weighted by Gasteiger charge is -2.10. The number of halogens is 3. The van der Waals surface area contributed by atoms with Crippen molar-refractivity contribution in [3.63, 3.8) is 0 Å². The molecule has 8 nitrogen and oxygen atoms in total. The summed E-state index contributed by atoms with van der Waals surface area (Å²) < 4.78 is 63.7. The number of benzene rings is 2. The standard InChI is InChI=1S/C21H19F3N4O4S/c1-11-7-8-15(10-17(11)33(25,31)32)26-20(30)19(29)18-12(2)27-28(13(18)3)16-6-4-5-14(9-16)21(22,23)24/h4-10H,1-3H3,(H,26,30)(H2,25,31,32). The Hall–Kier alpha value is -3.51. The normalized spacial score (nSPS) is 12.0. The number of primary sulfonamides is 1. The highest BCUT2D eigenvalue weighted by atomic mass is 32.2. The maximum absolute atomic E-state index is 13.1. The SMILES string of the molecule is Cc1ccc(NC(=O)C(=O)c2c(C)nn(-c3cccc(C(F)(F)F)c3)c2C)cc1S(N)(=O)=O. The summed E-state index contributed by atoms with van der Waals surface area (Å²) in [4.78, 5) is 25.2. The van der Waals surface area contributed by atoms with E-state index >= 15 is 0 Å². The van der Waals surface area contributed by atoms with Crippen LogP contribution in [0.5, 0.6) is 0 Å².